The monoisotopic (exact) mass is 481 g/mol. The quantitative estimate of drug-likeness (QED) is 0.527. The molecule has 1 unspecified atom stereocenters. The molecule has 2 N–H and O–H groups in total. The summed E-state index contributed by atoms with van der Waals surface area (Å²) in [7, 11) is 0. The van der Waals surface area contributed by atoms with Crippen LogP contribution in [0.5, 0.6) is 0 Å². The normalized spacial score (nSPS) is 17.7. The van der Waals surface area contributed by atoms with Gasteiger partial charge in [-0.1, -0.05) is 38.1 Å². The Labute approximate surface area is 204 Å². The van der Waals surface area contributed by atoms with Crippen LogP contribution in [0.4, 0.5) is 0 Å². The molecule has 9 nitrogen and oxygen atoms in total. The van der Waals surface area contributed by atoms with E-state index in [1.54, 1.807) is 17.0 Å². The number of hydrogen-bond donors (Lipinski definition) is 2. The first-order chi connectivity index (χ1) is 16.8. The average Bonchev–Trinajstić information content (AvgIpc) is 3.08. The van der Waals surface area contributed by atoms with Gasteiger partial charge < -0.3 is 14.7 Å². The van der Waals surface area contributed by atoms with Crippen molar-refractivity contribution in [3.63, 3.8) is 0 Å². The van der Waals surface area contributed by atoms with Crippen LogP contribution < -0.4 is 5.32 Å². The minimum Gasteiger partial charge on any atom is -0.480 e. The van der Waals surface area contributed by atoms with Crippen molar-refractivity contribution in [3.05, 3.63) is 47.5 Å². The van der Waals surface area contributed by atoms with Crippen molar-refractivity contribution in [1.29, 1.82) is 0 Å². The first kappa shape index (κ1) is 24.8. The van der Waals surface area contributed by atoms with E-state index in [0.717, 1.165) is 15.7 Å². The summed E-state index contributed by atoms with van der Waals surface area (Å²) in [6.07, 6.45) is 0.463. The molecular weight excluding hydrogens is 450 g/mol. The highest BCUT2D eigenvalue weighted by Gasteiger charge is 2.37. The van der Waals surface area contributed by atoms with Gasteiger partial charge in [0.15, 0.2) is 0 Å². The molecule has 2 aliphatic rings. The second-order valence-corrected chi connectivity index (χ2v) is 9.47. The number of rotatable bonds is 9. The maximum Gasteiger partial charge on any atom is 0.320 e. The Bertz CT molecular complexity index is 1090. The van der Waals surface area contributed by atoms with Gasteiger partial charge in [0, 0.05) is 19.6 Å². The van der Waals surface area contributed by atoms with E-state index in [1.807, 2.05) is 38.1 Å². The third-order valence-corrected chi connectivity index (χ3v) is 6.51. The number of benzene rings is 2. The Morgan fingerprint density at radius 3 is 2.09 bits per heavy atom. The molecule has 3 amide bonds. The first-order valence-corrected chi connectivity index (χ1v) is 12.0. The highest BCUT2D eigenvalue weighted by Crippen LogP contribution is 2.28. The van der Waals surface area contributed by atoms with Crippen LogP contribution in [-0.2, 0) is 14.3 Å². The van der Waals surface area contributed by atoms with E-state index in [2.05, 4.69) is 5.32 Å². The number of ether oxygens (including phenoxy) is 1. The van der Waals surface area contributed by atoms with Gasteiger partial charge >= 0.3 is 5.97 Å². The van der Waals surface area contributed by atoms with Gasteiger partial charge in [-0.2, -0.15) is 0 Å². The Kier molecular flexibility index (Phi) is 7.47. The van der Waals surface area contributed by atoms with E-state index in [1.165, 1.54) is 0 Å². The van der Waals surface area contributed by atoms with Crippen LogP contribution >= 0.6 is 0 Å². The molecule has 35 heavy (non-hydrogen) atoms. The van der Waals surface area contributed by atoms with Gasteiger partial charge in [-0.25, -0.2) is 0 Å². The van der Waals surface area contributed by atoms with Gasteiger partial charge in [0.05, 0.1) is 30.4 Å². The van der Waals surface area contributed by atoms with E-state index >= 15 is 0 Å². The maximum atomic E-state index is 13.1. The molecule has 0 spiro atoms. The van der Waals surface area contributed by atoms with Gasteiger partial charge in [0.25, 0.3) is 11.8 Å². The van der Waals surface area contributed by atoms with Crippen molar-refractivity contribution >= 4 is 34.5 Å². The molecule has 2 aromatic carbocycles. The zero-order valence-electron chi connectivity index (χ0n) is 20.0. The number of carbonyl (C=O) groups excluding carboxylic acids is 3. The number of fused-ring (bicyclic) bond motifs is 2. The van der Waals surface area contributed by atoms with Crippen molar-refractivity contribution in [2.45, 2.75) is 38.8 Å². The fraction of sp³-hybridized carbons (Fsp3) is 0.462. The lowest BCUT2D eigenvalue weighted by Gasteiger charge is -2.32. The zero-order valence-corrected chi connectivity index (χ0v) is 20.0. The second kappa shape index (κ2) is 10.5. The first-order valence-electron chi connectivity index (χ1n) is 12.0. The Hall–Kier alpha value is -3.30. The number of amides is 3. The molecular formula is C26H31N3O6. The van der Waals surface area contributed by atoms with Crippen LogP contribution in [0.15, 0.2) is 36.4 Å². The summed E-state index contributed by atoms with van der Waals surface area (Å²) >= 11 is 0. The lowest BCUT2D eigenvalue weighted by molar-refractivity contribution is -0.142. The molecule has 0 aliphatic carbocycles. The second-order valence-electron chi connectivity index (χ2n) is 9.47. The maximum absolute atomic E-state index is 13.1. The summed E-state index contributed by atoms with van der Waals surface area (Å²) in [5.41, 5.74) is 0.655. The fourth-order valence-corrected chi connectivity index (χ4v) is 4.68. The molecule has 2 heterocycles. The third kappa shape index (κ3) is 5.36. The lowest BCUT2D eigenvalue weighted by atomic mass is 10.0. The standard InChI is InChI=1S/C26H31N3O6/c1-16(2)13-22(25(32)28-9-11-35-12-10-28)27-21(26(33)34)7-8-29-23(30)19-14-17-5-3-4-6-18(17)15-20(19)24(29)31/h3-6,14-16,21-22,27H,7-13H2,1-2H3,(H,33,34)/t21?,22-/m1/s1. The van der Waals surface area contributed by atoms with Crippen molar-refractivity contribution in [3.8, 4) is 0 Å². The molecule has 2 aromatic rings. The lowest BCUT2D eigenvalue weighted by Crippen LogP contribution is -2.55. The number of carboxylic acid groups (broad SMARTS) is 1. The largest absolute Gasteiger partial charge is 0.480 e. The molecule has 0 radical (unpaired) electrons. The number of carboxylic acids is 1. The average molecular weight is 482 g/mol. The van der Waals surface area contributed by atoms with Gasteiger partial charge in [-0.15, -0.1) is 0 Å². The number of hydrogen-bond acceptors (Lipinski definition) is 6. The van der Waals surface area contributed by atoms with E-state index in [0.29, 0.717) is 43.9 Å². The molecule has 4 rings (SSSR count). The number of aliphatic carboxylic acids is 1. The van der Waals surface area contributed by atoms with Crippen LogP contribution in [-0.4, -0.2) is 83.5 Å². The van der Waals surface area contributed by atoms with E-state index in [9.17, 15) is 24.3 Å². The summed E-state index contributed by atoms with van der Waals surface area (Å²) in [5.74, 6) is -1.97. The Morgan fingerprint density at radius 2 is 1.57 bits per heavy atom. The van der Waals surface area contributed by atoms with E-state index in [-0.39, 0.29) is 24.8 Å². The molecule has 2 aliphatic heterocycles. The number of carbonyl (C=O) groups is 4. The SMILES string of the molecule is CC(C)C[C@@H](NC(CCN1C(=O)c2cc3ccccc3cc2C1=O)C(=O)O)C(=O)N1CCOCC1. The number of morpholine rings is 1. The summed E-state index contributed by atoms with van der Waals surface area (Å²) in [6.45, 7) is 5.73. The van der Waals surface area contributed by atoms with Crippen LogP contribution in [0.3, 0.4) is 0 Å². The molecule has 2 atom stereocenters. The third-order valence-electron chi connectivity index (χ3n) is 6.51. The predicted octanol–water partition coefficient (Wildman–Crippen LogP) is 2.14. The minimum atomic E-state index is -1.13. The minimum absolute atomic E-state index is 0.00862. The number of nitrogens with zero attached hydrogens (tertiary/aromatic N) is 2. The number of nitrogens with one attached hydrogen (secondary N) is 1. The highest BCUT2D eigenvalue weighted by molar-refractivity contribution is 6.23. The smallest absolute Gasteiger partial charge is 0.320 e. The molecule has 1 saturated heterocycles. The van der Waals surface area contributed by atoms with Gasteiger partial charge in [0.1, 0.15) is 6.04 Å². The molecule has 0 aromatic heterocycles. The van der Waals surface area contributed by atoms with E-state index < -0.39 is 29.9 Å². The van der Waals surface area contributed by atoms with Crippen molar-refractivity contribution in [2.24, 2.45) is 5.92 Å². The topological polar surface area (TPSA) is 116 Å². The fourth-order valence-electron chi connectivity index (χ4n) is 4.68. The van der Waals surface area contributed by atoms with E-state index in [4.69, 9.17) is 4.74 Å². The summed E-state index contributed by atoms with van der Waals surface area (Å²) in [5, 5.41) is 14.6. The van der Waals surface area contributed by atoms with Crippen molar-refractivity contribution in [2.75, 3.05) is 32.8 Å². The summed E-state index contributed by atoms with van der Waals surface area (Å²) in [4.78, 5) is 53.9. The predicted molar refractivity (Wildman–Crippen MR) is 129 cm³/mol. The molecule has 0 saturated carbocycles. The number of imide groups is 1. The van der Waals surface area contributed by atoms with Crippen LogP contribution in [0.25, 0.3) is 10.8 Å². The molecule has 0 bridgehead atoms. The summed E-state index contributed by atoms with van der Waals surface area (Å²) in [6, 6.07) is 9.12. The Balaban J connectivity index is 1.47. The highest BCUT2D eigenvalue weighted by atomic mass is 16.5. The van der Waals surface area contributed by atoms with Crippen LogP contribution in [0.2, 0.25) is 0 Å². The van der Waals surface area contributed by atoms with Gasteiger partial charge in [-0.05, 0) is 41.7 Å². The van der Waals surface area contributed by atoms with Crippen LogP contribution in [0, 0.1) is 5.92 Å². The van der Waals surface area contributed by atoms with Gasteiger partial charge in [0.2, 0.25) is 5.91 Å². The van der Waals surface area contributed by atoms with Crippen molar-refractivity contribution < 1.29 is 29.0 Å². The molecule has 9 heteroatoms. The zero-order chi connectivity index (χ0) is 25.1. The van der Waals surface area contributed by atoms with Crippen LogP contribution in [0.1, 0.15) is 47.4 Å². The Morgan fingerprint density at radius 1 is 1.00 bits per heavy atom. The molecule has 1 fully saturated rings. The van der Waals surface area contributed by atoms with Gasteiger partial charge in [-0.3, -0.25) is 29.4 Å². The summed E-state index contributed by atoms with van der Waals surface area (Å²) < 4.78 is 5.32. The molecule has 186 valence electrons. The van der Waals surface area contributed by atoms with Crippen molar-refractivity contribution in [1.82, 2.24) is 15.1 Å².